The molecule has 1 atom stereocenters. The SMILES string of the molecule is CC(C)Oc1ccc(C2CN(C(=O)c3ccccc3OCCN3CCCC3=O)CCN2C)cc1. The highest BCUT2D eigenvalue weighted by atomic mass is 16.5. The van der Waals surface area contributed by atoms with E-state index >= 15 is 0 Å². The predicted octanol–water partition coefficient (Wildman–Crippen LogP) is 3.60. The number of para-hydroxylation sites is 1. The van der Waals surface area contributed by atoms with Crippen LogP contribution in [0.15, 0.2) is 48.5 Å². The number of hydrogen-bond acceptors (Lipinski definition) is 5. The third-order valence-corrected chi connectivity index (χ3v) is 6.48. The Morgan fingerprint density at radius 3 is 2.53 bits per heavy atom. The van der Waals surface area contributed by atoms with Crippen molar-refractivity contribution in [2.24, 2.45) is 0 Å². The first kappa shape index (κ1) is 24.1. The first-order chi connectivity index (χ1) is 16.4. The number of carbonyl (C=O) groups is 2. The summed E-state index contributed by atoms with van der Waals surface area (Å²) in [5.41, 5.74) is 1.73. The number of amides is 2. The fraction of sp³-hybridized carbons (Fsp3) is 0.481. The van der Waals surface area contributed by atoms with Gasteiger partial charge in [-0.05, 0) is 57.1 Å². The summed E-state index contributed by atoms with van der Waals surface area (Å²) < 4.78 is 11.7. The molecular formula is C27H35N3O4. The monoisotopic (exact) mass is 465 g/mol. The minimum Gasteiger partial charge on any atom is -0.491 e. The molecule has 7 nitrogen and oxygen atoms in total. The number of nitrogens with zero attached hydrogens (tertiary/aromatic N) is 3. The van der Waals surface area contributed by atoms with Crippen LogP contribution in [0.25, 0.3) is 0 Å². The van der Waals surface area contributed by atoms with Crippen LogP contribution < -0.4 is 9.47 Å². The summed E-state index contributed by atoms with van der Waals surface area (Å²) in [6.07, 6.45) is 1.66. The first-order valence-corrected chi connectivity index (χ1v) is 12.2. The molecule has 2 aromatic rings. The Labute approximate surface area is 202 Å². The average Bonchev–Trinajstić information content (AvgIpc) is 3.24. The maximum Gasteiger partial charge on any atom is 0.257 e. The number of benzene rings is 2. The zero-order valence-corrected chi connectivity index (χ0v) is 20.4. The van der Waals surface area contributed by atoms with Crippen molar-refractivity contribution in [3.05, 3.63) is 59.7 Å². The summed E-state index contributed by atoms with van der Waals surface area (Å²) in [7, 11) is 2.10. The van der Waals surface area contributed by atoms with Crippen molar-refractivity contribution in [3.63, 3.8) is 0 Å². The maximum absolute atomic E-state index is 13.5. The van der Waals surface area contributed by atoms with E-state index in [1.54, 1.807) is 0 Å². The number of carbonyl (C=O) groups excluding carboxylic acids is 2. The van der Waals surface area contributed by atoms with E-state index in [1.807, 2.05) is 60.0 Å². The Hall–Kier alpha value is -3.06. The summed E-state index contributed by atoms with van der Waals surface area (Å²) in [6.45, 7) is 7.81. The van der Waals surface area contributed by atoms with Crippen LogP contribution in [-0.2, 0) is 4.79 Å². The van der Waals surface area contributed by atoms with Crippen LogP contribution in [0.1, 0.15) is 48.7 Å². The molecule has 2 aliphatic heterocycles. The molecule has 34 heavy (non-hydrogen) atoms. The van der Waals surface area contributed by atoms with Gasteiger partial charge in [0.15, 0.2) is 0 Å². The molecule has 2 aromatic carbocycles. The molecular weight excluding hydrogens is 430 g/mol. The Balaban J connectivity index is 1.42. The lowest BCUT2D eigenvalue weighted by molar-refractivity contribution is -0.128. The number of likely N-dealkylation sites (N-methyl/N-ethyl adjacent to an activating group) is 1. The summed E-state index contributed by atoms with van der Waals surface area (Å²) in [5.74, 6) is 1.59. The van der Waals surface area contributed by atoms with Gasteiger partial charge in [0.05, 0.1) is 24.3 Å². The minimum absolute atomic E-state index is 0.0225. The van der Waals surface area contributed by atoms with Crippen LogP contribution in [0.4, 0.5) is 0 Å². The van der Waals surface area contributed by atoms with E-state index in [2.05, 4.69) is 24.1 Å². The zero-order valence-electron chi connectivity index (χ0n) is 20.4. The van der Waals surface area contributed by atoms with E-state index in [1.165, 1.54) is 0 Å². The summed E-state index contributed by atoms with van der Waals surface area (Å²) in [4.78, 5) is 31.4. The van der Waals surface area contributed by atoms with Gasteiger partial charge in [0.2, 0.25) is 5.91 Å². The number of rotatable bonds is 8. The van der Waals surface area contributed by atoms with E-state index in [0.29, 0.717) is 44.0 Å². The van der Waals surface area contributed by atoms with Crippen molar-refractivity contribution in [3.8, 4) is 11.5 Å². The first-order valence-electron chi connectivity index (χ1n) is 12.2. The Morgan fingerprint density at radius 1 is 1.06 bits per heavy atom. The molecule has 2 saturated heterocycles. The Kier molecular flexibility index (Phi) is 7.73. The molecule has 0 saturated carbocycles. The van der Waals surface area contributed by atoms with Crippen molar-refractivity contribution >= 4 is 11.8 Å². The van der Waals surface area contributed by atoms with Gasteiger partial charge in [0, 0.05) is 32.6 Å². The summed E-state index contributed by atoms with van der Waals surface area (Å²) >= 11 is 0. The number of hydrogen-bond donors (Lipinski definition) is 0. The summed E-state index contributed by atoms with van der Waals surface area (Å²) in [6, 6.07) is 15.7. The van der Waals surface area contributed by atoms with Crippen LogP contribution in [0.3, 0.4) is 0 Å². The molecule has 2 amide bonds. The second kappa shape index (κ2) is 10.9. The maximum atomic E-state index is 13.5. The van der Waals surface area contributed by atoms with Crippen LogP contribution in [0, 0.1) is 0 Å². The van der Waals surface area contributed by atoms with E-state index in [9.17, 15) is 9.59 Å². The molecule has 7 heteroatoms. The van der Waals surface area contributed by atoms with Crippen LogP contribution in [0.2, 0.25) is 0 Å². The van der Waals surface area contributed by atoms with Crippen molar-refractivity contribution in [1.29, 1.82) is 0 Å². The Morgan fingerprint density at radius 2 is 1.82 bits per heavy atom. The van der Waals surface area contributed by atoms with E-state index in [4.69, 9.17) is 9.47 Å². The standard InChI is InChI=1S/C27H35N3O4/c1-20(2)34-22-12-10-21(11-13-22)24-19-30(16-15-28(24)3)27(32)23-7-4-5-8-25(23)33-18-17-29-14-6-9-26(29)31/h4-5,7-8,10-13,20,24H,6,9,14-19H2,1-3H3. The van der Waals surface area contributed by atoms with Crippen molar-refractivity contribution < 1.29 is 19.1 Å². The second-order valence-corrected chi connectivity index (χ2v) is 9.31. The van der Waals surface area contributed by atoms with Gasteiger partial charge in [-0.1, -0.05) is 24.3 Å². The fourth-order valence-electron chi connectivity index (χ4n) is 4.60. The molecule has 0 aromatic heterocycles. The van der Waals surface area contributed by atoms with Gasteiger partial charge in [-0.3, -0.25) is 14.5 Å². The summed E-state index contributed by atoms with van der Waals surface area (Å²) in [5, 5.41) is 0. The zero-order chi connectivity index (χ0) is 24.1. The highest BCUT2D eigenvalue weighted by Gasteiger charge is 2.30. The van der Waals surface area contributed by atoms with Crippen molar-refractivity contribution in [2.75, 3.05) is 46.4 Å². The van der Waals surface area contributed by atoms with Gasteiger partial charge in [-0.15, -0.1) is 0 Å². The largest absolute Gasteiger partial charge is 0.491 e. The van der Waals surface area contributed by atoms with Gasteiger partial charge in [0.1, 0.15) is 18.1 Å². The average molecular weight is 466 g/mol. The molecule has 0 bridgehead atoms. The minimum atomic E-state index is -0.0225. The smallest absolute Gasteiger partial charge is 0.257 e. The van der Waals surface area contributed by atoms with Crippen LogP contribution in [-0.4, -0.2) is 79.0 Å². The second-order valence-electron chi connectivity index (χ2n) is 9.31. The molecule has 0 radical (unpaired) electrons. The lowest BCUT2D eigenvalue weighted by Gasteiger charge is -2.40. The van der Waals surface area contributed by atoms with Crippen LogP contribution in [0.5, 0.6) is 11.5 Å². The molecule has 0 N–H and O–H groups in total. The highest BCUT2D eigenvalue weighted by molar-refractivity contribution is 5.97. The van der Waals surface area contributed by atoms with Crippen molar-refractivity contribution in [1.82, 2.24) is 14.7 Å². The molecule has 2 heterocycles. The Bertz CT molecular complexity index is 992. The topological polar surface area (TPSA) is 62.3 Å². The molecule has 1 unspecified atom stereocenters. The number of likely N-dealkylation sites (tertiary alicyclic amines) is 1. The lowest BCUT2D eigenvalue weighted by atomic mass is 10.0. The quantitative estimate of drug-likeness (QED) is 0.596. The molecule has 0 spiro atoms. The fourth-order valence-corrected chi connectivity index (χ4v) is 4.60. The third-order valence-electron chi connectivity index (χ3n) is 6.48. The molecule has 4 rings (SSSR count). The normalized spacial score (nSPS) is 19.1. The van der Waals surface area contributed by atoms with Gasteiger partial charge < -0.3 is 19.3 Å². The van der Waals surface area contributed by atoms with Gasteiger partial charge >= 0.3 is 0 Å². The van der Waals surface area contributed by atoms with Crippen LogP contribution >= 0.6 is 0 Å². The van der Waals surface area contributed by atoms with Gasteiger partial charge in [-0.25, -0.2) is 0 Å². The lowest BCUT2D eigenvalue weighted by Crippen LogP contribution is -2.49. The third kappa shape index (κ3) is 5.70. The molecule has 0 aliphatic carbocycles. The van der Waals surface area contributed by atoms with E-state index < -0.39 is 0 Å². The van der Waals surface area contributed by atoms with Gasteiger partial charge in [0.25, 0.3) is 5.91 Å². The van der Waals surface area contributed by atoms with E-state index in [-0.39, 0.29) is 24.0 Å². The van der Waals surface area contributed by atoms with E-state index in [0.717, 1.165) is 30.8 Å². The number of ether oxygens (including phenoxy) is 2. The highest BCUT2D eigenvalue weighted by Crippen LogP contribution is 2.28. The van der Waals surface area contributed by atoms with Gasteiger partial charge in [-0.2, -0.15) is 0 Å². The molecule has 2 fully saturated rings. The number of piperazine rings is 1. The molecule has 182 valence electrons. The molecule has 2 aliphatic rings. The van der Waals surface area contributed by atoms with Crippen molar-refractivity contribution in [2.45, 2.75) is 38.8 Å². The predicted molar refractivity (Wildman–Crippen MR) is 131 cm³/mol.